The van der Waals surface area contributed by atoms with E-state index in [4.69, 9.17) is 0 Å². The third kappa shape index (κ3) is 4.79. The van der Waals surface area contributed by atoms with Gasteiger partial charge >= 0.3 is 0 Å². The summed E-state index contributed by atoms with van der Waals surface area (Å²) in [7, 11) is 0. The van der Waals surface area contributed by atoms with E-state index >= 15 is 0 Å². The predicted octanol–water partition coefficient (Wildman–Crippen LogP) is 5.68. The molecule has 0 atom stereocenters. The van der Waals surface area contributed by atoms with Crippen LogP contribution in [0.2, 0.25) is 0 Å². The number of hydrogen-bond donors (Lipinski definition) is 1. The molecule has 0 fully saturated rings. The predicted molar refractivity (Wildman–Crippen MR) is 110 cm³/mol. The molecule has 134 valence electrons. The third-order valence-electron chi connectivity index (χ3n) is 4.18. The van der Waals surface area contributed by atoms with Gasteiger partial charge in [0, 0.05) is 34.3 Å². The summed E-state index contributed by atoms with van der Waals surface area (Å²) >= 11 is 1.80. The van der Waals surface area contributed by atoms with E-state index in [0.717, 1.165) is 23.2 Å². The lowest BCUT2D eigenvalue weighted by Crippen LogP contribution is -2.12. The number of carbonyl (C=O) groups excluding carboxylic acids is 1. The molecule has 1 amide bonds. The molecular weight excluding hydrogens is 340 g/mol. The number of aryl methyl sites for hydroxylation is 1. The zero-order valence-corrected chi connectivity index (χ0v) is 16.3. The minimum absolute atomic E-state index is 0.0485. The molecule has 0 aliphatic carbocycles. The van der Waals surface area contributed by atoms with Crippen molar-refractivity contribution in [1.29, 1.82) is 0 Å². The van der Waals surface area contributed by atoms with Gasteiger partial charge in [0.05, 0.1) is 0 Å². The molecule has 2 aromatic heterocycles. The number of nitrogens with zero attached hydrogens (tertiary/aromatic N) is 1. The van der Waals surface area contributed by atoms with Crippen LogP contribution >= 0.6 is 11.3 Å². The Morgan fingerprint density at radius 2 is 1.62 bits per heavy atom. The van der Waals surface area contributed by atoms with Crippen LogP contribution in [0.1, 0.15) is 36.9 Å². The van der Waals surface area contributed by atoms with Gasteiger partial charge < -0.3 is 5.32 Å². The SMILES string of the molecule is CC(C)(C)c1ccc(CCC(=O)Nc2ccc(-c3ccncc3)cc2)s1. The standard InChI is InChI=1S/C22H24N2OS/c1-22(2,3)20-10-8-19(26-20)9-11-21(25)24-18-6-4-16(5-7-18)17-12-14-23-15-13-17/h4-8,10,12-15H,9,11H2,1-3H3,(H,24,25). The first kappa shape index (κ1) is 18.3. The maximum atomic E-state index is 12.2. The second-order valence-electron chi connectivity index (χ2n) is 7.38. The quantitative estimate of drug-likeness (QED) is 0.633. The molecule has 4 heteroatoms. The molecule has 0 saturated carbocycles. The van der Waals surface area contributed by atoms with Gasteiger partial charge in [0.25, 0.3) is 0 Å². The third-order valence-corrected chi connectivity index (χ3v) is 5.75. The van der Waals surface area contributed by atoms with E-state index in [1.807, 2.05) is 36.4 Å². The van der Waals surface area contributed by atoms with Crippen molar-refractivity contribution in [2.75, 3.05) is 5.32 Å². The van der Waals surface area contributed by atoms with Crippen LogP contribution in [0.3, 0.4) is 0 Å². The van der Waals surface area contributed by atoms with Gasteiger partial charge in [0.1, 0.15) is 0 Å². The normalized spacial score (nSPS) is 11.3. The number of aromatic nitrogens is 1. The molecule has 3 rings (SSSR count). The van der Waals surface area contributed by atoms with Gasteiger partial charge in [-0.15, -0.1) is 11.3 Å². The molecule has 3 nitrogen and oxygen atoms in total. The first-order chi connectivity index (χ1) is 12.4. The van der Waals surface area contributed by atoms with Crippen molar-refractivity contribution >= 4 is 22.9 Å². The van der Waals surface area contributed by atoms with Crippen LogP contribution in [0.25, 0.3) is 11.1 Å². The van der Waals surface area contributed by atoms with E-state index in [-0.39, 0.29) is 11.3 Å². The van der Waals surface area contributed by atoms with Crippen LogP contribution in [0.15, 0.2) is 60.9 Å². The molecule has 2 heterocycles. The average molecular weight is 365 g/mol. The van der Waals surface area contributed by atoms with E-state index in [9.17, 15) is 4.79 Å². The molecule has 1 aromatic carbocycles. The van der Waals surface area contributed by atoms with E-state index in [2.05, 4.69) is 43.2 Å². The van der Waals surface area contributed by atoms with Crippen LogP contribution in [-0.4, -0.2) is 10.9 Å². The van der Waals surface area contributed by atoms with E-state index < -0.39 is 0 Å². The monoisotopic (exact) mass is 364 g/mol. The van der Waals surface area contributed by atoms with Crippen LogP contribution in [0.5, 0.6) is 0 Å². The minimum atomic E-state index is 0.0485. The fourth-order valence-electron chi connectivity index (χ4n) is 2.67. The maximum Gasteiger partial charge on any atom is 0.224 e. The highest BCUT2D eigenvalue weighted by Gasteiger charge is 2.16. The van der Waals surface area contributed by atoms with Gasteiger partial charge in [-0.1, -0.05) is 32.9 Å². The summed E-state index contributed by atoms with van der Waals surface area (Å²) in [5.74, 6) is 0.0485. The number of benzene rings is 1. The van der Waals surface area contributed by atoms with E-state index in [0.29, 0.717) is 6.42 Å². The van der Waals surface area contributed by atoms with Crippen molar-refractivity contribution in [2.24, 2.45) is 0 Å². The first-order valence-corrected chi connectivity index (χ1v) is 9.63. The van der Waals surface area contributed by atoms with Crippen molar-refractivity contribution in [3.8, 4) is 11.1 Å². The number of nitrogens with one attached hydrogen (secondary N) is 1. The summed E-state index contributed by atoms with van der Waals surface area (Å²) in [5.41, 5.74) is 3.22. The Labute approximate surface area is 159 Å². The van der Waals surface area contributed by atoms with Crippen LogP contribution < -0.4 is 5.32 Å². The van der Waals surface area contributed by atoms with Crippen LogP contribution in [-0.2, 0) is 16.6 Å². The molecule has 0 aliphatic rings. The molecule has 0 radical (unpaired) electrons. The summed E-state index contributed by atoms with van der Waals surface area (Å²) < 4.78 is 0. The maximum absolute atomic E-state index is 12.2. The lowest BCUT2D eigenvalue weighted by molar-refractivity contribution is -0.116. The van der Waals surface area contributed by atoms with Crippen molar-refractivity contribution in [3.05, 3.63) is 70.7 Å². The Morgan fingerprint density at radius 1 is 0.962 bits per heavy atom. The second kappa shape index (κ2) is 7.83. The van der Waals surface area contributed by atoms with Gasteiger partial charge in [-0.3, -0.25) is 9.78 Å². The van der Waals surface area contributed by atoms with Crippen molar-refractivity contribution < 1.29 is 4.79 Å². The number of hydrogen-bond acceptors (Lipinski definition) is 3. The number of carbonyl (C=O) groups is 1. The Hall–Kier alpha value is -2.46. The van der Waals surface area contributed by atoms with Crippen LogP contribution in [0.4, 0.5) is 5.69 Å². The molecule has 26 heavy (non-hydrogen) atoms. The Balaban J connectivity index is 1.54. The van der Waals surface area contributed by atoms with Gasteiger partial charge in [-0.2, -0.15) is 0 Å². The lowest BCUT2D eigenvalue weighted by atomic mass is 9.95. The second-order valence-corrected chi connectivity index (χ2v) is 8.55. The van der Waals surface area contributed by atoms with E-state index in [1.54, 1.807) is 23.7 Å². The summed E-state index contributed by atoms with van der Waals surface area (Å²) in [6.07, 6.45) is 4.83. The minimum Gasteiger partial charge on any atom is -0.326 e. The molecule has 0 spiro atoms. The summed E-state index contributed by atoms with van der Waals surface area (Å²) in [5, 5.41) is 2.98. The number of pyridine rings is 1. The fraction of sp³-hybridized carbons (Fsp3) is 0.273. The molecule has 0 bridgehead atoms. The first-order valence-electron chi connectivity index (χ1n) is 8.81. The fourth-order valence-corrected chi connectivity index (χ4v) is 3.73. The van der Waals surface area contributed by atoms with Crippen molar-refractivity contribution in [2.45, 2.75) is 39.0 Å². The van der Waals surface area contributed by atoms with Gasteiger partial charge in [0.15, 0.2) is 0 Å². The number of thiophene rings is 1. The van der Waals surface area contributed by atoms with Gasteiger partial charge in [-0.05, 0) is 59.4 Å². The summed E-state index contributed by atoms with van der Waals surface area (Å²) in [6, 6.07) is 16.2. The lowest BCUT2D eigenvalue weighted by Gasteiger charge is -2.15. The zero-order chi connectivity index (χ0) is 18.6. The zero-order valence-electron chi connectivity index (χ0n) is 15.5. The Kier molecular flexibility index (Phi) is 5.52. The molecule has 1 N–H and O–H groups in total. The topological polar surface area (TPSA) is 42.0 Å². The Morgan fingerprint density at radius 3 is 2.23 bits per heavy atom. The number of anilines is 1. The highest BCUT2D eigenvalue weighted by molar-refractivity contribution is 7.12. The molecular formula is C22H24N2OS. The Bertz CT molecular complexity index is 861. The smallest absolute Gasteiger partial charge is 0.224 e. The van der Waals surface area contributed by atoms with Crippen molar-refractivity contribution in [1.82, 2.24) is 4.98 Å². The number of amides is 1. The van der Waals surface area contributed by atoms with Crippen LogP contribution in [0, 0.1) is 0 Å². The molecule has 3 aromatic rings. The highest BCUT2D eigenvalue weighted by atomic mass is 32.1. The highest BCUT2D eigenvalue weighted by Crippen LogP contribution is 2.30. The molecule has 0 unspecified atom stereocenters. The molecule has 0 saturated heterocycles. The van der Waals surface area contributed by atoms with Gasteiger partial charge in [0.2, 0.25) is 5.91 Å². The summed E-state index contributed by atoms with van der Waals surface area (Å²) in [6.45, 7) is 6.64. The summed E-state index contributed by atoms with van der Waals surface area (Å²) in [4.78, 5) is 18.9. The van der Waals surface area contributed by atoms with Gasteiger partial charge in [-0.25, -0.2) is 0 Å². The van der Waals surface area contributed by atoms with Crippen molar-refractivity contribution in [3.63, 3.8) is 0 Å². The average Bonchev–Trinajstić information content (AvgIpc) is 3.11. The number of rotatable bonds is 5. The largest absolute Gasteiger partial charge is 0.326 e. The van der Waals surface area contributed by atoms with E-state index in [1.165, 1.54) is 9.75 Å². The molecule has 0 aliphatic heterocycles.